The molecule has 1 unspecified atom stereocenters. The number of nitrogens with zero attached hydrogens (tertiary/aromatic N) is 3. The summed E-state index contributed by atoms with van der Waals surface area (Å²) in [6.45, 7) is 6.15. The minimum atomic E-state index is -0.0391. The van der Waals surface area contributed by atoms with Crippen molar-refractivity contribution < 1.29 is 4.79 Å². The van der Waals surface area contributed by atoms with Crippen molar-refractivity contribution in [2.45, 2.75) is 33.2 Å². The molecule has 1 aromatic carbocycles. The van der Waals surface area contributed by atoms with Gasteiger partial charge in [-0.15, -0.1) is 0 Å². The van der Waals surface area contributed by atoms with E-state index >= 15 is 0 Å². The number of fused-ring (bicyclic) bond motifs is 1. The van der Waals surface area contributed by atoms with Gasteiger partial charge >= 0.3 is 0 Å². The predicted molar refractivity (Wildman–Crippen MR) is 86.8 cm³/mol. The first-order valence-electron chi connectivity index (χ1n) is 7.42. The van der Waals surface area contributed by atoms with Crippen molar-refractivity contribution in [2.75, 3.05) is 5.32 Å². The lowest BCUT2D eigenvalue weighted by atomic mass is 9.93. The maximum atomic E-state index is 11.4. The van der Waals surface area contributed by atoms with E-state index in [1.54, 1.807) is 6.33 Å². The number of aromatic nitrogens is 2. The predicted octanol–water partition coefficient (Wildman–Crippen LogP) is 2.31. The van der Waals surface area contributed by atoms with Crippen LogP contribution in [0.25, 0.3) is 10.9 Å². The van der Waals surface area contributed by atoms with Crippen LogP contribution in [0, 0.1) is 5.92 Å². The Morgan fingerprint density at radius 2 is 2.14 bits per heavy atom. The third-order valence-corrected chi connectivity index (χ3v) is 3.62. The Hall–Kier alpha value is -2.50. The Morgan fingerprint density at radius 3 is 2.86 bits per heavy atom. The minimum absolute atomic E-state index is 0.0391. The first-order valence-corrected chi connectivity index (χ1v) is 7.42. The van der Waals surface area contributed by atoms with Crippen LogP contribution in [-0.2, 0) is 4.79 Å². The Morgan fingerprint density at radius 1 is 1.32 bits per heavy atom. The zero-order valence-corrected chi connectivity index (χ0v) is 12.9. The van der Waals surface area contributed by atoms with Crippen molar-refractivity contribution in [3.8, 4) is 0 Å². The molecule has 6 nitrogen and oxygen atoms in total. The summed E-state index contributed by atoms with van der Waals surface area (Å²) in [5.41, 5.74) is 5.28. The SMILES string of the molecule is CC(C)Nc1ncnc2cc(C3=NNC(=O)CC3C)ccc12. The fourth-order valence-corrected chi connectivity index (χ4v) is 2.61. The lowest BCUT2D eigenvalue weighted by molar-refractivity contribution is -0.121. The number of rotatable bonds is 3. The fourth-order valence-electron chi connectivity index (χ4n) is 2.61. The summed E-state index contributed by atoms with van der Waals surface area (Å²) in [5, 5.41) is 8.50. The smallest absolute Gasteiger partial charge is 0.240 e. The van der Waals surface area contributed by atoms with Gasteiger partial charge in [-0.3, -0.25) is 4.79 Å². The summed E-state index contributed by atoms with van der Waals surface area (Å²) < 4.78 is 0. The van der Waals surface area contributed by atoms with Gasteiger partial charge in [0, 0.05) is 29.3 Å². The Balaban J connectivity index is 2.02. The number of hydrogen-bond donors (Lipinski definition) is 2. The number of carbonyl (C=O) groups excluding carboxylic acids is 1. The molecule has 0 saturated heterocycles. The van der Waals surface area contributed by atoms with Crippen molar-refractivity contribution in [1.29, 1.82) is 0 Å². The second-order valence-corrected chi connectivity index (χ2v) is 5.89. The van der Waals surface area contributed by atoms with Gasteiger partial charge in [-0.2, -0.15) is 5.10 Å². The molecule has 114 valence electrons. The van der Waals surface area contributed by atoms with E-state index < -0.39 is 0 Å². The first kappa shape index (κ1) is 14.4. The summed E-state index contributed by atoms with van der Waals surface area (Å²) in [6.07, 6.45) is 2.02. The van der Waals surface area contributed by atoms with E-state index in [1.165, 1.54) is 0 Å². The number of hydrazone groups is 1. The Kier molecular flexibility index (Phi) is 3.75. The summed E-state index contributed by atoms with van der Waals surface area (Å²) in [6, 6.07) is 6.30. The molecular weight excluding hydrogens is 278 g/mol. The summed E-state index contributed by atoms with van der Waals surface area (Å²) in [7, 11) is 0. The highest BCUT2D eigenvalue weighted by Gasteiger charge is 2.22. The molecule has 0 saturated carbocycles. The molecule has 1 aromatic heterocycles. The number of benzene rings is 1. The van der Waals surface area contributed by atoms with Crippen LogP contribution in [-0.4, -0.2) is 27.6 Å². The molecule has 1 amide bonds. The van der Waals surface area contributed by atoms with Crippen molar-refractivity contribution in [3.05, 3.63) is 30.1 Å². The first-order chi connectivity index (χ1) is 10.5. The molecule has 0 aliphatic carbocycles. The van der Waals surface area contributed by atoms with E-state index in [0.29, 0.717) is 12.5 Å². The topological polar surface area (TPSA) is 79.3 Å². The van der Waals surface area contributed by atoms with E-state index in [9.17, 15) is 4.79 Å². The van der Waals surface area contributed by atoms with Gasteiger partial charge in [0.25, 0.3) is 0 Å². The highest BCUT2D eigenvalue weighted by molar-refractivity contribution is 6.07. The summed E-state index contributed by atoms with van der Waals surface area (Å²) >= 11 is 0. The van der Waals surface area contributed by atoms with Crippen LogP contribution in [0.3, 0.4) is 0 Å². The Bertz CT molecular complexity index is 753. The van der Waals surface area contributed by atoms with Crippen LogP contribution in [0.4, 0.5) is 5.82 Å². The molecule has 1 aliphatic heterocycles. The lowest BCUT2D eigenvalue weighted by Gasteiger charge is -2.19. The maximum absolute atomic E-state index is 11.4. The standard InChI is InChI=1S/C16H19N5O/c1-9(2)19-16-12-5-4-11(7-13(12)17-8-18-16)15-10(3)6-14(22)20-21-15/h4-5,7-10H,6H2,1-3H3,(H,20,22)(H,17,18,19). The van der Waals surface area contributed by atoms with Crippen molar-refractivity contribution >= 4 is 28.3 Å². The molecule has 2 N–H and O–H groups in total. The monoisotopic (exact) mass is 297 g/mol. The molecule has 0 radical (unpaired) electrons. The summed E-state index contributed by atoms with van der Waals surface area (Å²) in [5.74, 6) is 0.891. The normalized spacial score (nSPS) is 18.3. The van der Waals surface area contributed by atoms with Crippen LogP contribution in [0.2, 0.25) is 0 Å². The van der Waals surface area contributed by atoms with Gasteiger partial charge in [0.05, 0.1) is 11.2 Å². The largest absolute Gasteiger partial charge is 0.367 e. The zero-order chi connectivity index (χ0) is 15.7. The average molecular weight is 297 g/mol. The minimum Gasteiger partial charge on any atom is -0.367 e. The van der Waals surface area contributed by atoms with Gasteiger partial charge < -0.3 is 5.32 Å². The Labute approximate surface area is 129 Å². The molecule has 6 heteroatoms. The molecule has 1 aliphatic rings. The van der Waals surface area contributed by atoms with E-state index in [4.69, 9.17) is 0 Å². The number of carbonyl (C=O) groups is 1. The molecule has 0 spiro atoms. The van der Waals surface area contributed by atoms with Gasteiger partial charge in [0.2, 0.25) is 5.91 Å². The number of nitrogens with one attached hydrogen (secondary N) is 2. The molecule has 0 bridgehead atoms. The van der Waals surface area contributed by atoms with Crippen molar-refractivity contribution in [1.82, 2.24) is 15.4 Å². The van der Waals surface area contributed by atoms with Crippen LogP contribution in [0.1, 0.15) is 32.8 Å². The van der Waals surface area contributed by atoms with E-state index in [1.807, 2.05) is 25.1 Å². The molecule has 2 heterocycles. The number of amides is 1. The van der Waals surface area contributed by atoms with E-state index in [0.717, 1.165) is 28.0 Å². The number of anilines is 1. The quantitative estimate of drug-likeness (QED) is 0.911. The molecule has 0 fully saturated rings. The lowest BCUT2D eigenvalue weighted by Crippen LogP contribution is -2.31. The van der Waals surface area contributed by atoms with Gasteiger partial charge in [-0.1, -0.05) is 13.0 Å². The van der Waals surface area contributed by atoms with Crippen LogP contribution in [0.5, 0.6) is 0 Å². The van der Waals surface area contributed by atoms with Gasteiger partial charge in [0.1, 0.15) is 12.1 Å². The summed E-state index contributed by atoms with van der Waals surface area (Å²) in [4.78, 5) is 20.0. The highest BCUT2D eigenvalue weighted by Crippen LogP contribution is 2.24. The van der Waals surface area contributed by atoms with Crippen molar-refractivity contribution in [2.24, 2.45) is 11.0 Å². The third-order valence-electron chi connectivity index (χ3n) is 3.62. The molecular formula is C16H19N5O. The average Bonchev–Trinajstić information content (AvgIpc) is 2.46. The van der Waals surface area contributed by atoms with Crippen molar-refractivity contribution in [3.63, 3.8) is 0 Å². The van der Waals surface area contributed by atoms with E-state index in [-0.39, 0.29) is 11.8 Å². The van der Waals surface area contributed by atoms with Gasteiger partial charge in [-0.25, -0.2) is 15.4 Å². The fraction of sp³-hybridized carbons (Fsp3) is 0.375. The zero-order valence-electron chi connectivity index (χ0n) is 12.9. The van der Waals surface area contributed by atoms with Crippen LogP contribution >= 0.6 is 0 Å². The highest BCUT2D eigenvalue weighted by atomic mass is 16.2. The molecule has 22 heavy (non-hydrogen) atoms. The van der Waals surface area contributed by atoms with Crippen LogP contribution in [0.15, 0.2) is 29.6 Å². The van der Waals surface area contributed by atoms with E-state index in [2.05, 4.69) is 39.7 Å². The third kappa shape index (κ3) is 2.77. The second kappa shape index (κ2) is 5.71. The van der Waals surface area contributed by atoms with Gasteiger partial charge in [0.15, 0.2) is 0 Å². The van der Waals surface area contributed by atoms with Crippen LogP contribution < -0.4 is 10.7 Å². The maximum Gasteiger partial charge on any atom is 0.240 e. The molecule has 3 rings (SSSR count). The van der Waals surface area contributed by atoms with Gasteiger partial charge in [-0.05, 0) is 26.0 Å². The molecule has 1 atom stereocenters. The molecule has 2 aromatic rings. The second-order valence-electron chi connectivity index (χ2n) is 5.89. The number of hydrogen-bond acceptors (Lipinski definition) is 5.